The molecule has 0 radical (unpaired) electrons. The van der Waals surface area contributed by atoms with Gasteiger partial charge in [-0.1, -0.05) is 13.3 Å². The van der Waals surface area contributed by atoms with Crippen LogP contribution in [0.1, 0.15) is 52.4 Å². The fourth-order valence-corrected chi connectivity index (χ4v) is 3.59. The number of fused-ring (bicyclic) bond motifs is 1. The van der Waals surface area contributed by atoms with Gasteiger partial charge in [0.15, 0.2) is 0 Å². The molecular formula is C16H33N3. The lowest BCUT2D eigenvalue weighted by Gasteiger charge is -2.47. The quantitative estimate of drug-likeness (QED) is 0.714. The predicted molar refractivity (Wildman–Crippen MR) is 82.6 cm³/mol. The van der Waals surface area contributed by atoms with Crippen LogP contribution in [0.4, 0.5) is 0 Å². The first-order valence-electron chi connectivity index (χ1n) is 8.50. The van der Waals surface area contributed by atoms with Crippen LogP contribution in [-0.4, -0.2) is 61.2 Å². The summed E-state index contributed by atoms with van der Waals surface area (Å²) in [7, 11) is 0. The van der Waals surface area contributed by atoms with E-state index in [0.717, 1.165) is 12.1 Å². The van der Waals surface area contributed by atoms with Crippen molar-refractivity contribution in [2.45, 2.75) is 64.5 Å². The Kier molecular flexibility index (Phi) is 6.62. The minimum atomic E-state index is 0.762. The highest BCUT2D eigenvalue weighted by Crippen LogP contribution is 2.24. The molecule has 2 unspecified atom stereocenters. The van der Waals surface area contributed by atoms with E-state index in [9.17, 15) is 0 Å². The van der Waals surface area contributed by atoms with E-state index in [1.54, 1.807) is 0 Å². The van der Waals surface area contributed by atoms with Gasteiger partial charge in [-0.15, -0.1) is 0 Å². The maximum Gasteiger partial charge on any atom is 0.0223 e. The summed E-state index contributed by atoms with van der Waals surface area (Å²) in [6, 6.07) is 1.63. The molecule has 2 atom stereocenters. The van der Waals surface area contributed by atoms with Gasteiger partial charge in [-0.05, 0) is 65.2 Å². The van der Waals surface area contributed by atoms with Crippen molar-refractivity contribution in [1.29, 1.82) is 0 Å². The molecule has 3 heteroatoms. The highest BCUT2D eigenvalue weighted by atomic mass is 15.3. The summed E-state index contributed by atoms with van der Waals surface area (Å²) in [5.74, 6) is 0. The van der Waals surface area contributed by atoms with Gasteiger partial charge in [-0.3, -0.25) is 9.80 Å². The van der Waals surface area contributed by atoms with Crippen molar-refractivity contribution in [3.63, 3.8) is 0 Å². The van der Waals surface area contributed by atoms with E-state index >= 15 is 0 Å². The molecule has 0 aromatic rings. The zero-order valence-electron chi connectivity index (χ0n) is 13.0. The lowest BCUT2D eigenvalue weighted by molar-refractivity contribution is 0.0147. The van der Waals surface area contributed by atoms with Gasteiger partial charge in [0.1, 0.15) is 0 Å². The number of unbranched alkanes of at least 4 members (excludes halogenated alkanes) is 1. The normalized spacial score (nSPS) is 29.4. The highest BCUT2D eigenvalue weighted by Gasteiger charge is 2.32. The van der Waals surface area contributed by atoms with Crippen LogP contribution in [0.25, 0.3) is 0 Å². The van der Waals surface area contributed by atoms with Crippen LogP contribution in [0, 0.1) is 0 Å². The van der Waals surface area contributed by atoms with Gasteiger partial charge in [-0.2, -0.15) is 0 Å². The number of nitrogens with one attached hydrogen (secondary N) is 1. The first kappa shape index (κ1) is 15.3. The van der Waals surface area contributed by atoms with Gasteiger partial charge < -0.3 is 5.32 Å². The molecule has 0 aliphatic carbocycles. The minimum absolute atomic E-state index is 0.762. The second kappa shape index (κ2) is 8.23. The molecule has 19 heavy (non-hydrogen) atoms. The Labute approximate surface area is 119 Å². The molecule has 0 bridgehead atoms. The Balaban J connectivity index is 1.63. The maximum atomic E-state index is 3.50. The van der Waals surface area contributed by atoms with Crippen molar-refractivity contribution < 1.29 is 0 Å². The third-order valence-corrected chi connectivity index (χ3v) is 4.79. The van der Waals surface area contributed by atoms with Crippen molar-refractivity contribution in [3.8, 4) is 0 Å². The molecule has 2 rings (SSSR count). The molecular weight excluding hydrogens is 234 g/mol. The molecule has 0 aromatic heterocycles. The number of piperazine rings is 1. The summed E-state index contributed by atoms with van der Waals surface area (Å²) in [6.07, 6.45) is 8.24. The molecule has 0 spiro atoms. The zero-order valence-corrected chi connectivity index (χ0v) is 13.0. The van der Waals surface area contributed by atoms with Crippen molar-refractivity contribution >= 4 is 0 Å². The van der Waals surface area contributed by atoms with Crippen molar-refractivity contribution in [2.75, 3.05) is 39.3 Å². The Hall–Kier alpha value is -0.120. The smallest absolute Gasteiger partial charge is 0.0223 e. The third-order valence-electron chi connectivity index (χ3n) is 4.79. The lowest BCUT2D eigenvalue weighted by atomic mass is 9.97. The van der Waals surface area contributed by atoms with E-state index in [-0.39, 0.29) is 0 Å². The van der Waals surface area contributed by atoms with E-state index < -0.39 is 0 Å². The van der Waals surface area contributed by atoms with Crippen LogP contribution < -0.4 is 5.32 Å². The summed E-state index contributed by atoms with van der Waals surface area (Å²) in [5.41, 5.74) is 0. The van der Waals surface area contributed by atoms with E-state index in [4.69, 9.17) is 0 Å². The lowest BCUT2D eigenvalue weighted by Crippen LogP contribution is -2.58. The second-order valence-electron chi connectivity index (χ2n) is 6.45. The van der Waals surface area contributed by atoms with Crippen LogP contribution in [0.3, 0.4) is 0 Å². The Morgan fingerprint density at radius 2 is 2.00 bits per heavy atom. The fraction of sp³-hybridized carbons (Fsp3) is 1.00. The number of hydrogen-bond donors (Lipinski definition) is 1. The number of rotatable bonds is 7. The SMILES string of the molecule is CCCNCCCCN1CC2CCCCN2CC1C. The third kappa shape index (κ3) is 4.73. The van der Waals surface area contributed by atoms with Crippen molar-refractivity contribution in [3.05, 3.63) is 0 Å². The summed E-state index contributed by atoms with van der Waals surface area (Å²) in [5, 5.41) is 3.50. The van der Waals surface area contributed by atoms with Crippen molar-refractivity contribution in [2.24, 2.45) is 0 Å². The first-order valence-corrected chi connectivity index (χ1v) is 8.50. The van der Waals surface area contributed by atoms with Crippen LogP contribution in [0.5, 0.6) is 0 Å². The number of nitrogens with zero attached hydrogens (tertiary/aromatic N) is 2. The predicted octanol–water partition coefficient (Wildman–Crippen LogP) is 2.32. The minimum Gasteiger partial charge on any atom is -0.317 e. The maximum absolute atomic E-state index is 3.50. The Morgan fingerprint density at radius 3 is 2.84 bits per heavy atom. The molecule has 0 saturated carbocycles. The first-order chi connectivity index (χ1) is 9.31. The molecule has 2 aliphatic rings. The van der Waals surface area contributed by atoms with Gasteiger partial charge in [-0.25, -0.2) is 0 Å². The largest absolute Gasteiger partial charge is 0.317 e. The van der Waals surface area contributed by atoms with E-state index in [2.05, 4.69) is 29.0 Å². The van der Waals surface area contributed by atoms with Gasteiger partial charge in [0, 0.05) is 25.2 Å². The molecule has 2 heterocycles. The van der Waals surface area contributed by atoms with Gasteiger partial charge in [0.25, 0.3) is 0 Å². The second-order valence-corrected chi connectivity index (χ2v) is 6.45. The molecule has 0 aromatic carbocycles. The van der Waals surface area contributed by atoms with Crippen molar-refractivity contribution in [1.82, 2.24) is 15.1 Å². The molecule has 3 nitrogen and oxygen atoms in total. The average Bonchev–Trinajstić information content (AvgIpc) is 2.43. The van der Waals surface area contributed by atoms with Crippen LogP contribution in [0.15, 0.2) is 0 Å². The topological polar surface area (TPSA) is 18.5 Å². The molecule has 1 N–H and O–H groups in total. The highest BCUT2D eigenvalue weighted by molar-refractivity contribution is 4.88. The summed E-state index contributed by atoms with van der Waals surface area (Å²) in [4.78, 5) is 5.49. The van der Waals surface area contributed by atoms with Gasteiger partial charge in [0.05, 0.1) is 0 Å². The van der Waals surface area contributed by atoms with Crippen LogP contribution in [0.2, 0.25) is 0 Å². The van der Waals surface area contributed by atoms with Crippen LogP contribution >= 0.6 is 0 Å². The average molecular weight is 267 g/mol. The van der Waals surface area contributed by atoms with Gasteiger partial charge in [0.2, 0.25) is 0 Å². The fourth-order valence-electron chi connectivity index (χ4n) is 3.59. The van der Waals surface area contributed by atoms with Gasteiger partial charge >= 0.3 is 0 Å². The Morgan fingerprint density at radius 1 is 1.11 bits per heavy atom. The standard InChI is InChI=1S/C16H33N3/c1-3-9-17-10-5-7-11-18-14-16-8-4-6-12-19(16)13-15(18)2/h15-17H,3-14H2,1-2H3. The molecule has 112 valence electrons. The molecule has 2 fully saturated rings. The number of hydrogen-bond acceptors (Lipinski definition) is 3. The summed E-state index contributed by atoms with van der Waals surface area (Å²) < 4.78 is 0. The molecule has 0 amide bonds. The zero-order chi connectivity index (χ0) is 13.5. The summed E-state index contributed by atoms with van der Waals surface area (Å²) >= 11 is 0. The summed E-state index contributed by atoms with van der Waals surface area (Å²) in [6.45, 7) is 12.3. The van der Waals surface area contributed by atoms with Crippen LogP contribution in [-0.2, 0) is 0 Å². The van der Waals surface area contributed by atoms with E-state index in [1.807, 2.05) is 0 Å². The molecule has 2 aliphatic heterocycles. The number of piperidine rings is 1. The molecule has 2 saturated heterocycles. The van der Waals surface area contributed by atoms with E-state index in [1.165, 1.54) is 77.8 Å². The monoisotopic (exact) mass is 267 g/mol. The Bertz CT molecular complexity index is 244. The van der Waals surface area contributed by atoms with E-state index in [0.29, 0.717) is 0 Å².